The van der Waals surface area contributed by atoms with E-state index in [9.17, 15) is 23.2 Å². The molecule has 1 saturated carbocycles. The lowest BCUT2D eigenvalue weighted by Gasteiger charge is -2.33. The van der Waals surface area contributed by atoms with E-state index >= 15 is 0 Å². The van der Waals surface area contributed by atoms with E-state index in [0.29, 0.717) is 29.8 Å². The van der Waals surface area contributed by atoms with Gasteiger partial charge in [-0.1, -0.05) is 25.0 Å². The van der Waals surface area contributed by atoms with Crippen LogP contribution in [0, 0.1) is 24.5 Å². The molecule has 0 radical (unpaired) electrons. The average molecular weight is 481 g/mol. The fourth-order valence-electron chi connectivity index (χ4n) is 5.42. The molecule has 1 N–H and O–H groups in total. The number of aromatic nitrogens is 2. The Morgan fingerprint density at radius 2 is 1.97 bits per heavy atom. The number of aromatic amines is 1. The smallest absolute Gasteiger partial charge is 0.329 e. The minimum atomic E-state index is -0.963. The number of carbonyl (C=O) groups is 2. The lowest BCUT2D eigenvalue weighted by atomic mass is 9.84. The number of amides is 1. The molecule has 2 aromatic carbocycles. The minimum Gasteiger partial charge on any atom is -0.456 e. The van der Waals surface area contributed by atoms with Gasteiger partial charge >= 0.3 is 5.97 Å². The summed E-state index contributed by atoms with van der Waals surface area (Å²) in [7, 11) is 0. The van der Waals surface area contributed by atoms with Gasteiger partial charge in [0.25, 0.3) is 11.5 Å². The second-order valence-electron chi connectivity index (χ2n) is 9.29. The van der Waals surface area contributed by atoms with E-state index in [-0.39, 0.29) is 35.5 Å². The molecule has 1 aliphatic carbocycles. The maximum atomic E-state index is 14.4. The van der Waals surface area contributed by atoms with Crippen LogP contribution in [-0.2, 0) is 16.1 Å². The Bertz CT molecular complexity index is 1370. The summed E-state index contributed by atoms with van der Waals surface area (Å²) in [6.07, 6.45) is 3.89. The van der Waals surface area contributed by atoms with Gasteiger partial charge in [0.15, 0.2) is 0 Å². The van der Waals surface area contributed by atoms with Gasteiger partial charge in [0.2, 0.25) is 0 Å². The molecule has 3 atom stereocenters. The fraction of sp³-hybridized carbons (Fsp3) is 0.385. The standard InChI is InChI=1S/C26H25F2N3O4/c1-14-5-4-7-18-23(14)29-22(30-24(18)32)13-35-26(34)21-11-15-6-2-3-8-20(15)31(21)25(33)17-10-9-16(27)12-19(17)28/h4-5,7,9-10,12,15,20-21H,2-3,6,8,11,13H2,1H3,(H,29,30,32)/t15-,20-,21-/m0/s1. The van der Waals surface area contributed by atoms with Crippen molar-refractivity contribution in [1.29, 1.82) is 0 Å². The van der Waals surface area contributed by atoms with Crippen LogP contribution in [0.2, 0.25) is 0 Å². The number of fused-ring (bicyclic) bond motifs is 2. The van der Waals surface area contributed by atoms with E-state index in [0.717, 1.165) is 37.0 Å². The number of para-hydroxylation sites is 1. The summed E-state index contributed by atoms with van der Waals surface area (Å²) in [6.45, 7) is 1.57. The minimum absolute atomic E-state index is 0.106. The van der Waals surface area contributed by atoms with Gasteiger partial charge in [-0.25, -0.2) is 18.6 Å². The van der Waals surface area contributed by atoms with Gasteiger partial charge in [-0.2, -0.15) is 0 Å². The zero-order chi connectivity index (χ0) is 24.7. The molecule has 0 bridgehead atoms. The average Bonchev–Trinajstić information content (AvgIpc) is 3.23. The molecular formula is C26H25F2N3O4. The zero-order valence-corrected chi connectivity index (χ0v) is 19.2. The predicted octanol–water partition coefficient (Wildman–Crippen LogP) is 4.03. The van der Waals surface area contributed by atoms with Gasteiger partial charge < -0.3 is 14.6 Å². The molecular weight excluding hydrogens is 456 g/mol. The normalized spacial score (nSPS) is 21.7. The highest BCUT2D eigenvalue weighted by molar-refractivity contribution is 5.97. The van der Waals surface area contributed by atoms with Crippen molar-refractivity contribution in [1.82, 2.24) is 14.9 Å². The summed E-state index contributed by atoms with van der Waals surface area (Å²) in [5, 5.41) is 0.443. The number of nitrogens with one attached hydrogen (secondary N) is 1. The maximum absolute atomic E-state index is 14.4. The topological polar surface area (TPSA) is 92.4 Å². The van der Waals surface area contributed by atoms with Gasteiger partial charge in [-0.15, -0.1) is 0 Å². The molecule has 2 aliphatic rings. The third-order valence-electron chi connectivity index (χ3n) is 7.09. The fourth-order valence-corrected chi connectivity index (χ4v) is 5.42. The third-order valence-corrected chi connectivity index (χ3v) is 7.09. The summed E-state index contributed by atoms with van der Waals surface area (Å²) < 4.78 is 33.3. The van der Waals surface area contributed by atoms with Crippen molar-refractivity contribution in [2.75, 3.05) is 0 Å². The van der Waals surface area contributed by atoms with E-state index in [1.54, 1.807) is 12.1 Å². The Labute approximate surface area is 200 Å². The Balaban J connectivity index is 1.39. The summed E-state index contributed by atoms with van der Waals surface area (Å²) >= 11 is 0. The van der Waals surface area contributed by atoms with Gasteiger partial charge in [0.05, 0.1) is 16.5 Å². The predicted molar refractivity (Wildman–Crippen MR) is 124 cm³/mol. The zero-order valence-electron chi connectivity index (χ0n) is 19.2. The van der Waals surface area contributed by atoms with Crippen molar-refractivity contribution in [2.45, 2.75) is 57.7 Å². The number of rotatable bonds is 4. The van der Waals surface area contributed by atoms with E-state index in [4.69, 9.17) is 4.74 Å². The van der Waals surface area contributed by atoms with Crippen molar-refractivity contribution in [3.8, 4) is 0 Å². The molecule has 1 saturated heterocycles. The highest BCUT2D eigenvalue weighted by Crippen LogP contribution is 2.41. The summed E-state index contributed by atoms with van der Waals surface area (Å²) in [5.41, 5.74) is 0.739. The largest absolute Gasteiger partial charge is 0.456 e. The molecule has 1 amide bonds. The second-order valence-corrected chi connectivity index (χ2v) is 9.29. The first-order chi connectivity index (χ1) is 16.8. The number of benzene rings is 2. The van der Waals surface area contributed by atoms with Crippen LogP contribution in [0.1, 0.15) is 53.8 Å². The molecule has 2 heterocycles. The lowest BCUT2D eigenvalue weighted by Crippen LogP contribution is -2.47. The number of hydrogen-bond donors (Lipinski definition) is 1. The van der Waals surface area contributed by atoms with Crippen LogP contribution in [0.4, 0.5) is 8.78 Å². The quantitative estimate of drug-likeness (QED) is 0.568. The highest BCUT2D eigenvalue weighted by atomic mass is 19.1. The van der Waals surface area contributed by atoms with Crippen molar-refractivity contribution in [2.24, 2.45) is 5.92 Å². The Kier molecular flexibility index (Phi) is 6.08. The van der Waals surface area contributed by atoms with Crippen LogP contribution in [0.15, 0.2) is 41.2 Å². The van der Waals surface area contributed by atoms with Crippen LogP contribution in [0.5, 0.6) is 0 Å². The molecule has 3 aromatic rings. The monoisotopic (exact) mass is 481 g/mol. The maximum Gasteiger partial charge on any atom is 0.329 e. The number of ether oxygens (including phenoxy) is 1. The molecule has 35 heavy (non-hydrogen) atoms. The highest BCUT2D eigenvalue weighted by Gasteiger charge is 2.48. The number of halogens is 2. The Morgan fingerprint density at radius 3 is 2.77 bits per heavy atom. The SMILES string of the molecule is Cc1cccc2c(=O)[nH]c(COC(=O)[C@@H]3C[C@@H]4CCCC[C@@H]4N3C(=O)c3ccc(F)cc3F)nc12. The molecule has 9 heteroatoms. The van der Waals surface area contributed by atoms with Crippen molar-refractivity contribution in [3.05, 3.63) is 75.3 Å². The Morgan fingerprint density at radius 1 is 1.17 bits per heavy atom. The molecule has 7 nitrogen and oxygen atoms in total. The van der Waals surface area contributed by atoms with Crippen LogP contribution in [0.3, 0.4) is 0 Å². The number of esters is 1. The second kappa shape index (κ2) is 9.20. The molecule has 0 unspecified atom stereocenters. The Hall–Kier alpha value is -3.62. The number of likely N-dealkylation sites (tertiary alicyclic amines) is 1. The van der Waals surface area contributed by atoms with Gasteiger partial charge in [-0.3, -0.25) is 9.59 Å². The number of nitrogens with zero attached hydrogens (tertiary/aromatic N) is 2. The third kappa shape index (κ3) is 4.31. The van der Waals surface area contributed by atoms with Crippen LogP contribution in [0.25, 0.3) is 10.9 Å². The molecule has 182 valence electrons. The number of aryl methyl sites for hydroxylation is 1. The first-order valence-corrected chi connectivity index (χ1v) is 11.8. The van der Waals surface area contributed by atoms with Crippen molar-refractivity contribution >= 4 is 22.8 Å². The summed E-state index contributed by atoms with van der Waals surface area (Å²) in [6, 6.07) is 6.97. The van der Waals surface area contributed by atoms with E-state index in [2.05, 4.69) is 9.97 Å². The van der Waals surface area contributed by atoms with E-state index in [1.807, 2.05) is 13.0 Å². The molecule has 0 spiro atoms. The van der Waals surface area contributed by atoms with Crippen molar-refractivity contribution in [3.63, 3.8) is 0 Å². The van der Waals surface area contributed by atoms with Crippen LogP contribution >= 0.6 is 0 Å². The molecule has 1 aliphatic heterocycles. The van der Waals surface area contributed by atoms with Crippen molar-refractivity contribution < 1.29 is 23.1 Å². The number of carbonyl (C=O) groups excluding carboxylic acids is 2. The first kappa shape index (κ1) is 23.1. The summed E-state index contributed by atoms with van der Waals surface area (Å²) in [5.74, 6) is -2.72. The lowest BCUT2D eigenvalue weighted by molar-refractivity contribution is -0.150. The number of H-pyrrole nitrogens is 1. The van der Waals surface area contributed by atoms with Crippen LogP contribution < -0.4 is 5.56 Å². The first-order valence-electron chi connectivity index (χ1n) is 11.8. The molecule has 1 aromatic heterocycles. The molecule has 2 fully saturated rings. The summed E-state index contributed by atoms with van der Waals surface area (Å²) in [4.78, 5) is 47.4. The van der Waals surface area contributed by atoms with Gasteiger partial charge in [0, 0.05) is 12.1 Å². The van der Waals surface area contributed by atoms with Crippen LogP contribution in [-0.4, -0.2) is 38.8 Å². The number of hydrogen-bond acceptors (Lipinski definition) is 5. The molecule has 5 rings (SSSR count). The van der Waals surface area contributed by atoms with E-state index < -0.39 is 29.6 Å². The van der Waals surface area contributed by atoms with Gasteiger partial charge in [0.1, 0.15) is 30.1 Å². The van der Waals surface area contributed by atoms with E-state index in [1.165, 1.54) is 4.90 Å². The van der Waals surface area contributed by atoms with Gasteiger partial charge in [-0.05, 0) is 55.9 Å².